The van der Waals surface area contributed by atoms with E-state index in [1.54, 1.807) is 18.2 Å². The molecule has 10 heteroatoms. The zero-order valence-corrected chi connectivity index (χ0v) is 14.6. The Morgan fingerprint density at radius 3 is 2.86 bits per heavy atom. The highest BCUT2D eigenvalue weighted by atomic mass is 19.4. The number of hydrogen-bond donors (Lipinski definition) is 1. The molecule has 2 N–H and O–H groups in total. The Kier molecular flexibility index (Phi) is 4.63. The second-order valence-corrected chi connectivity index (χ2v) is 6.23. The maximum Gasteiger partial charge on any atom is 0.573 e. The molecule has 0 radical (unpaired) electrons. The third kappa shape index (κ3) is 3.91. The summed E-state index contributed by atoms with van der Waals surface area (Å²) >= 11 is 0. The number of fused-ring (bicyclic) bond motifs is 1. The van der Waals surface area contributed by atoms with Gasteiger partial charge in [-0.25, -0.2) is 15.0 Å². The van der Waals surface area contributed by atoms with Crippen LogP contribution in [-0.2, 0) is 4.74 Å². The number of hydrogen-bond acceptors (Lipinski definition) is 7. The number of aromatic nitrogens is 3. The van der Waals surface area contributed by atoms with Gasteiger partial charge in [0.15, 0.2) is 5.65 Å². The van der Waals surface area contributed by atoms with Crippen molar-refractivity contribution in [2.75, 3.05) is 30.3 Å². The molecule has 1 unspecified atom stereocenters. The van der Waals surface area contributed by atoms with Gasteiger partial charge in [0.2, 0.25) is 0 Å². The van der Waals surface area contributed by atoms with E-state index in [9.17, 15) is 13.2 Å². The summed E-state index contributed by atoms with van der Waals surface area (Å²) in [6.45, 7) is 1.38. The van der Waals surface area contributed by atoms with Crippen LogP contribution in [0.3, 0.4) is 0 Å². The smallest absolute Gasteiger partial charge is 0.406 e. The van der Waals surface area contributed by atoms with Gasteiger partial charge in [-0.05, 0) is 29.8 Å². The fourth-order valence-electron chi connectivity index (χ4n) is 3.15. The molecule has 1 atom stereocenters. The number of rotatable bonds is 3. The van der Waals surface area contributed by atoms with E-state index in [1.807, 2.05) is 4.90 Å². The molecule has 28 heavy (non-hydrogen) atoms. The molecule has 1 fully saturated rings. The lowest BCUT2D eigenvalue weighted by Gasteiger charge is -2.34. The lowest BCUT2D eigenvalue weighted by atomic mass is 10.1. The second-order valence-electron chi connectivity index (χ2n) is 6.23. The molecule has 0 saturated carbocycles. The Hall–Kier alpha value is -3.14. The fraction of sp³-hybridized carbons (Fsp3) is 0.278. The molecule has 1 saturated heterocycles. The Morgan fingerprint density at radius 1 is 1.18 bits per heavy atom. The number of morpholine rings is 1. The number of anilines is 2. The molecule has 146 valence electrons. The molecule has 3 aromatic rings. The van der Waals surface area contributed by atoms with Crippen LogP contribution >= 0.6 is 0 Å². The van der Waals surface area contributed by atoms with Gasteiger partial charge in [0.25, 0.3) is 0 Å². The van der Waals surface area contributed by atoms with Crippen LogP contribution in [0, 0.1) is 0 Å². The number of alkyl halides is 3. The molecule has 2 aromatic heterocycles. The van der Waals surface area contributed by atoms with E-state index in [2.05, 4.69) is 19.7 Å². The number of nitrogen functional groups attached to an aromatic ring is 1. The van der Waals surface area contributed by atoms with Crippen molar-refractivity contribution in [2.24, 2.45) is 0 Å². The largest absolute Gasteiger partial charge is 0.573 e. The van der Waals surface area contributed by atoms with Crippen molar-refractivity contribution in [2.45, 2.75) is 12.5 Å². The van der Waals surface area contributed by atoms with Gasteiger partial charge in [0.1, 0.15) is 29.8 Å². The van der Waals surface area contributed by atoms with Crippen molar-refractivity contribution in [1.82, 2.24) is 15.0 Å². The van der Waals surface area contributed by atoms with Crippen LogP contribution in [0.1, 0.15) is 11.7 Å². The van der Waals surface area contributed by atoms with Gasteiger partial charge in [-0.2, -0.15) is 0 Å². The lowest BCUT2D eigenvalue weighted by molar-refractivity contribution is -0.274. The minimum Gasteiger partial charge on any atom is -0.406 e. The minimum atomic E-state index is -4.74. The van der Waals surface area contributed by atoms with Crippen LogP contribution in [-0.4, -0.2) is 41.0 Å². The average molecular weight is 391 g/mol. The van der Waals surface area contributed by atoms with Gasteiger partial charge in [0, 0.05) is 13.1 Å². The molecule has 1 aliphatic rings. The molecular formula is C18H16F3N5O2. The quantitative estimate of drug-likeness (QED) is 0.734. The van der Waals surface area contributed by atoms with E-state index in [0.717, 1.165) is 5.39 Å². The fourth-order valence-corrected chi connectivity index (χ4v) is 3.15. The van der Waals surface area contributed by atoms with Crippen molar-refractivity contribution in [1.29, 1.82) is 0 Å². The van der Waals surface area contributed by atoms with Crippen molar-refractivity contribution in [3.63, 3.8) is 0 Å². The summed E-state index contributed by atoms with van der Waals surface area (Å²) in [5.74, 6) is 0.755. The molecule has 1 aromatic carbocycles. The molecule has 0 amide bonds. The van der Waals surface area contributed by atoms with Crippen molar-refractivity contribution < 1.29 is 22.6 Å². The normalized spacial score (nSPS) is 17.7. The molecule has 3 heterocycles. The average Bonchev–Trinajstić information content (AvgIpc) is 2.66. The second kappa shape index (κ2) is 7.12. The highest BCUT2D eigenvalue weighted by molar-refractivity contribution is 5.87. The van der Waals surface area contributed by atoms with Crippen LogP contribution in [0.5, 0.6) is 5.75 Å². The zero-order valence-electron chi connectivity index (χ0n) is 14.6. The first-order valence-corrected chi connectivity index (χ1v) is 8.48. The number of ether oxygens (including phenoxy) is 2. The SMILES string of the molecule is Nc1ccc2c(N3CCOC(c4cccc(OC(F)(F)F)c4)C3)ncnc2n1. The monoisotopic (exact) mass is 391 g/mol. The van der Waals surface area contributed by atoms with Crippen LogP contribution < -0.4 is 15.4 Å². The van der Waals surface area contributed by atoms with Crippen LogP contribution in [0.15, 0.2) is 42.7 Å². The van der Waals surface area contributed by atoms with E-state index < -0.39 is 12.5 Å². The maximum absolute atomic E-state index is 12.5. The van der Waals surface area contributed by atoms with E-state index >= 15 is 0 Å². The van der Waals surface area contributed by atoms with Gasteiger partial charge in [-0.3, -0.25) is 0 Å². The number of nitrogens with two attached hydrogens (primary N) is 1. The summed E-state index contributed by atoms with van der Waals surface area (Å²) in [5.41, 5.74) is 6.78. The van der Waals surface area contributed by atoms with Crippen molar-refractivity contribution in [3.05, 3.63) is 48.3 Å². The van der Waals surface area contributed by atoms with Gasteiger partial charge in [-0.1, -0.05) is 12.1 Å². The number of nitrogens with zero attached hydrogens (tertiary/aromatic N) is 4. The topological polar surface area (TPSA) is 86.4 Å². The Labute approximate surface area is 157 Å². The molecule has 7 nitrogen and oxygen atoms in total. The van der Waals surface area contributed by atoms with Crippen LogP contribution in [0.25, 0.3) is 11.0 Å². The Balaban J connectivity index is 1.60. The summed E-state index contributed by atoms with van der Waals surface area (Å²) < 4.78 is 47.2. The van der Waals surface area contributed by atoms with E-state index in [0.29, 0.717) is 42.5 Å². The number of benzene rings is 1. The van der Waals surface area contributed by atoms with Crippen LogP contribution in [0.4, 0.5) is 24.8 Å². The molecular weight excluding hydrogens is 375 g/mol. The third-order valence-electron chi connectivity index (χ3n) is 4.33. The van der Waals surface area contributed by atoms with Crippen LogP contribution in [0.2, 0.25) is 0 Å². The van der Waals surface area contributed by atoms with Gasteiger partial charge in [0.05, 0.1) is 12.0 Å². The van der Waals surface area contributed by atoms with Gasteiger partial charge < -0.3 is 20.1 Å². The zero-order chi connectivity index (χ0) is 19.7. The number of halogens is 3. The predicted molar refractivity (Wildman–Crippen MR) is 95.8 cm³/mol. The summed E-state index contributed by atoms with van der Waals surface area (Å²) in [4.78, 5) is 14.7. The van der Waals surface area contributed by atoms with Crippen molar-refractivity contribution >= 4 is 22.7 Å². The maximum atomic E-state index is 12.5. The first kappa shape index (κ1) is 18.2. The summed E-state index contributed by atoms with van der Waals surface area (Å²) in [6.07, 6.45) is -3.77. The molecule has 4 rings (SSSR count). The Morgan fingerprint density at radius 2 is 2.04 bits per heavy atom. The summed E-state index contributed by atoms with van der Waals surface area (Å²) in [7, 11) is 0. The van der Waals surface area contributed by atoms with E-state index in [-0.39, 0.29) is 5.75 Å². The Bertz CT molecular complexity index is 998. The lowest BCUT2D eigenvalue weighted by Crippen LogP contribution is -2.39. The van der Waals surface area contributed by atoms with Gasteiger partial charge >= 0.3 is 6.36 Å². The van der Waals surface area contributed by atoms with Gasteiger partial charge in [-0.15, -0.1) is 13.2 Å². The molecule has 0 spiro atoms. The highest BCUT2D eigenvalue weighted by Gasteiger charge is 2.32. The summed E-state index contributed by atoms with van der Waals surface area (Å²) in [6, 6.07) is 9.27. The summed E-state index contributed by atoms with van der Waals surface area (Å²) in [5, 5.41) is 0.742. The molecule has 0 aliphatic carbocycles. The van der Waals surface area contributed by atoms with E-state index in [4.69, 9.17) is 10.5 Å². The number of pyridine rings is 1. The standard InChI is InChI=1S/C18H16F3N5O2/c19-18(20,21)28-12-3-1-2-11(8-12)14-9-26(6-7-27-14)17-13-4-5-15(22)25-16(13)23-10-24-17/h1-5,8,10,14H,6-7,9H2,(H2,22,23,24,25). The molecule has 1 aliphatic heterocycles. The first-order chi connectivity index (χ1) is 13.4. The predicted octanol–water partition coefficient (Wildman–Crippen LogP) is 3.08. The van der Waals surface area contributed by atoms with E-state index in [1.165, 1.54) is 24.5 Å². The third-order valence-corrected chi connectivity index (χ3v) is 4.33. The first-order valence-electron chi connectivity index (χ1n) is 8.48. The van der Waals surface area contributed by atoms with Crippen molar-refractivity contribution in [3.8, 4) is 5.75 Å². The highest BCUT2D eigenvalue weighted by Crippen LogP contribution is 2.31. The minimum absolute atomic E-state index is 0.280. The molecule has 0 bridgehead atoms.